The monoisotopic (exact) mass is 195 g/mol. The lowest BCUT2D eigenvalue weighted by molar-refractivity contribution is 0.412. The van der Waals surface area contributed by atoms with Crippen LogP contribution < -0.4 is 5.32 Å². The third-order valence-electron chi connectivity index (χ3n) is 2.58. The lowest BCUT2D eigenvalue weighted by atomic mass is 9.98. The Balaban J connectivity index is 2.10. The first-order valence-electron chi connectivity index (χ1n) is 4.85. The minimum atomic E-state index is 0.547. The summed E-state index contributed by atoms with van der Waals surface area (Å²) in [5.41, 5.74) is 1.36. The van der Waals surface area contributed by atoms with E-state index in [0.29, 0.717) is 6.04 Å². The number of piperidine rings is 1. The van der Waals surface area contributed by atoms with E-state index in [4.69, 9.17) is 11.6 Å². The second-order valence-corrected chi connectivity index (χ2v) is 3.99. The number of rotatable bonds is 1. The van der Waals surface area contributed by atoms with Crippen molar-refractivity contribution in [3.05, 3.63) is 34.9 Å². The number of halogens is 1. The normalized spacial score (nSPS) is 23.0. The molecule has 1 saturated heterocycles. The average molecular weight is 196 g/mol. The van der Waals surface area contributed by atoms with Crippen LogP contribution >= 0.6 is 11.6 Å². The van der Waals surface area contributed by atoms with Crippen molar-refractivity contribution in [1.29, 1.82) is 0 Å². The van der Waals surface area contributed by atoms with Gasteiger partial charge in [-0.05, 0) is 37.1 Å². The maximum Gasteiger partial charge on any atom is 0.0406 e. The summed E-state index contributed by atoms with van der Waals surface area (Å²) in [5, 5.41) is 4.33. The van der Waals surface area contributed by atoms with Gasteiger partial charge in [0, 0.05) is 11.1 Å². The molecule has 2 heteroatoms. The summed E-state index contributed by atoms with van der Waals surface area (Å²) < 4.78 is 0. The summed E-state index contributed by atoms with van der Waals surface area (Å²) in [6, 6.07) is 8.71. The molecule has 0 bridgehead atoms. The Bertz CT molecular complexity index is 262. The molecular formula is C11H14ClN. The zero-order chi connectivity index (χ0) is 9.10. The highest BCUT2D eigenvalue weighted by atomic mass is 35.5. The van der Waals surface area contributed by atoms with Crippen molar-refractivity contribution in [1.82, 2.24) is 5.32 Å². The van der Waals surface area contributed by atoms with Gasteiger partial charge < -0.3 is 5.32 Å². The molecule has 1 atom stereocenters. The number of nitrogens with one attached hydrogen (secondary N) is 1. The molecule has 13 heavy (non-hydrogen) atoms. The van der Waals surface area contributed by atoms with Gasteiger partial charge in [-0.2, -0.15) is 0 Å². The summed E-state index contributed by atoms with van der Waals surface area (Å²) in [6.45, 7) is 1.15. The van der Waals surface area contributed by atoms with Gasteiger partial charge in [0.25, 0.3) is 0 Å². The standard InChI is InChI=1S/C11H14ClN/c12-10-6-4-9(5-7-10)11-3-1-2-8-13-11/h4-7,11,13H,1-3,8H2/t11-/m0/s1. The van der Waals surface area contributed by atoms with E-state index in [1.165, 1.54) is 24.8 Å². The molecule has 1 aromatic carbocycles. The number of hydrogen-bond donors (Lipinski definition) is 1. The lowest BCUT2D eigenvalue weighted by Gasteiger charge is -2.23. The molecule has 1 aliphatic rings. The van der Waals surface area contributed by atoms with Crippen molar-refractivity contribution >= 4 is 11.6 Å². The van der Waals surface area contributed by atoms with Crippen molar-refractivity contribution < 1.29 is 0 Å². The van der Waals surface area contributed by atoms with Crippen molar-refractivity contribution in [3.8, 4) is 0 Å². The van der Waals surface area contributed by atoms with Crippen LogP contribution in [-0.2, 0) is 0 Å². The van der Waals surface area contributed by atoms with Gasteiger partial charge in [-0.25, -0.2) is 0 Å². The predicted molar refractivity (Wildman–Crippen MR) is 56.0 cm³/mol. The Morgan fingerprint density at radius 1 is 1.15 bits per heavy atom. The minimum absolute atomic E-state index is 0.547. The average Bonchev–Trinajstić information content (AvgIpc) is 2.20. The Morgan fingerprint density at radius 2 is 1.92 bits per heavy atom. The van der Waals surface area contributed by atoms with E-state index in [0.717, 1.165) is 11.6 Å². The molecule has 1 nitrogen and oxygen atoms in total. The topological polar surface area (TPSA) is 12.0 Å². The Labute approximate surface area is 84.1 Å². The van der Waals surface area contributed by atoms with Crippen molar-refractivity contribution in [2.75, 3.05) is 6.54 Å². The second kappa shape index (κ2) is 4.12. The quantitative estimate of drug-likeness (QED) is 0.726. The molecule has 70 valence electrons. The summed E-state index contributed by atoms with van der Waals surface area (Å²) in [4.78, 5) is 0. The molecule has 2 rings (SSSR count). The van der Waals surface area contributed by atoms with E-state index in [1.807, 2.05) is 12.1 Å². The van der Waals surface area contributed by atoms with Crippen molar-refractivity contribution in [2.45, 2.75) is 25.3 Å². The molecule has 0 aliphatic carbocycles. The summed E-state index contributed by atoms with van der Waals surface area (Å²) in [6.07, 6.45) is 3.89. The third-order valence-corrected chi connectivity index (χ3v) is 2.83. The first-order chi connectivity index (χ1) is 6.36. The largest absolute Gasteiger partial charge is 0.310 e. The van der Waals surface area contributed by atoms with E-state index in [-0.39, 0.29) is 0 Å². The number of hydrogen-bond acceptors (Lipinski definition) is 1. The molecule has 1 N–H and O–H groups in total. The van der Waals surface area contributed by atoms with Crippen LogP contribution in [-0.4, -0.2) is 6.54 Å². The molecule has 1 fully saturated rings. The predicted octanol–water partition coefficient (Wildman–Crippen LogP) is 3.15. The highest BCUT2D eigenvalue weighted by molar-refractivity contribution is 6.30. The van der Waals surface area contributed by atoms with E-state index in [2.05, 4.69) is 17.4 Å². The maximum atomic E-state index is 5.83. The zero-order valence-electron chi connectivity index (χ0n) is 7.59. The van der Waals surface area contributed by atoms with Gasteiger partial charge >= 0.3 is 0 Å². The van der Waals surface area contributed by atoms with Gasteiger partial charge in [0.15, 0.2) is 0 Å². The molecule has 1 aliphatic heterocycles. The minimum Gasteiger partial charge on any atom is -0.310 e. The SMILES string of the molecule is Clc1ccc([C@@H]2CCCCN2)cc1. The van der Waals surface area contributed by atoms with E-state index in [1.54, 1.807) is 0 Å². The Kier molecular flexibility index (Phi) is 2.87. The lowest BCUT2D eigenvalue weighted by Crippen LogP contribution is -2.26. The summed E-state index contributed by atoms with van der Waals surface area (Å²) >= 11 is 5.83. The van der Waals surface area contributed by atoms with Crippen molar-refractivity contribution in [3.63, 3.8) is 0 Å². The second-order valence-electron chi connectivity index (χ2n) is 3.55. The fourth-order valence-corrected chi connectivity index (χ4v) is 1.96. The Morgan fingerprint density at radius 3 is 2.54 bits per heavy atom. The smallest absolute Gasteiger partial charge is 0.0406 e. The molecular weight excluding hydrogens is 182 g/mol. The van der Waals surface area contributed by atoms with E-state index in [9.17, 15) is 0 Å². The first-order valence-corrected chi connectivity index (χ1v) is 5.23. The fourth-order valence-electron chi connectivity index (χ4n) is 1.83. The molecule has 0 amide bonds. The van der Waals surface area contributed by atoms with Crippen molar-refractivity contribution in [2.24, 2.45) is 0 Å². The molecule has 0 spiro atoms. The highest BCUT2D eigenvalue weighted by Crippen LogP contribution is 2.23. The van der Waals surface area contributed by atoms with Crippen LogP contribution in [0.3, 0.4) is 0 Å². The van der Waals surface area contributed by atoms with Gasteiger partial charge in [-0.3, -0.25) is 0 Å². The van der Waals surface area contributed by atoms with Gasteiger partial charge in [-0.1, -0.05) is 30.2 Å². The fraction of sp³-hybridized carbons (Fsp3) is 0.455. The van der Waals surface area contributed by atoms with E-state index >= 15 is 0 Å². The molecule has 1 aromatic rings. The van der Waals surface area contributed by atoms with Crippen LogP contribution in [0.5, 0.6) is 0 Å². The van der Waals surface area contributed by atoms with Crippen LogP contribution in [0.15, 0.2) is 24.3 Å². The molecule has 0 saturated carbocycles. The van der Waals surface area contributed by atoms with Gasteiger partial charge in [0.2, 0.25) is 0 Å². The first kappa shape index (κ1) is 9.04. The zero-order valence-corrected chi connectivity index (χ0v) is 8.35. The molecule has 0 radical (unpaired) electrons. The number of benzene rings is 1. The van der Waals surface area contributed by atoms with Crippen LogP contribution in [0.1, 0.15) is 30.9 Å². The third kappa shape index (κ3) is 2.23. The van der Waals surface area contributed by atoms with Crippen LogP contribution in [0.4, 0.5) is 0 Å². The maximum absolute atomic E-state index is 5.83. The summed E-state index contributed by atoms with van der Waals surface area (Å²) in [5.74, 6) is 0. The Hall–Kier alpha value is -0.530. The van der Waals surface area contributed by atoms with Gasteiger partial charge in [0.05, 0.1) is 0 Å². The van der Waals surface area contributed by atoms with Gasteiger partial charge in [0.1, 0.15) is 0 Å². The van der Waals surface area contributed by atoms with E-state index < -0.39 is 0 Å². The molecule has 0 aromatic heterocycles. The summed E-state index contributed by atoms with van der Waals surface area (Å²) in [7, 11) is 0. The van der Waals surface area contributed by atoms with Gasteiger partial charge in [-0.15, -0.1) is 0 Å². The molecule has 1 heterocycles. The van der Waals surface area contributed by atoms with Crippen LogP contribution in [0, 0.1) is 0 Å². The van der Waals surface area contributed by atoms with Crippen LogP contribution in [0.25, 0.3) is 0 Å². The highest BCUT2D eigenvalue weighted by Gasteiger charge is 2.13. The molecule has 0 unspecified atom stereocenters. The van der Waals surface area contributed by atoms with Crippen LogP contribution in [0.2, 0.25) is 5.02 Å².